The largest absolute Gasteiger partial charge is 0.496 e. The van der Waals surface area contributed by atoms with Crippen molar-refractivity contribution in [1.82, 2.24) is 14.7 Å². The van der Waals surface area contributed by atoms with Crippen molar-refractivity contribution in [3.63, 3.8) is 0 Å². The van der Waals surface area contributed by atoms with Crippen LogP contribution >= 0.6 is 0 Å². The van der Waals surface area contributed by atoms with E-state index in [4.69, 9.17) is 13.9 Å². The summed E-state index contributed by atoms with van der Waals surface area (Å²) in [5.41, 5.74) is 4.57. The average molecular weight is 424 g/mol. The van der Waals surface area contributed by atoms with E-state index in [-0.39, 0.29) is 0 Å². The quantitative estimate of drug-likeness (QED) is 0.502. The molecule has 0 amide bonds. The first kappa shape index (κ1) is 21.7. The Morgan fingerprint density at radius 2 is 2.00 bits per heavy atom. The van der Waals surface area contributed by atoms with Gasteiger partial charge in [0.05, 0.1) is 32.0 Å². The van der Waals surface area contributed by atoms with E-state index < -0.39 is 0 Å². The molecule has 166 valence electrons. The third-order valence-electron chi connectivity index (χ3n) is 5.84. The molecule has 1 saturated heterocycles. The van der Waals surface area contributed by atoms with Gasteiger partial charge in [-0.15, -0.1) is 0 Å². The number of aryl methyl sites for hydroxylation is 3. The molecule has 0 radical (unpaired) electrons. The van der Waals surface area contributed by atoms with Crippen molar-refractivity contribution in [1.29, 1.82) is 0 Å². The molecule has 0 spiro atoms. The molecule has 3 aromatic rings. The zero-order valence-electron chi connectivity index (χ0n) is 19.1. The van der Waals surface area contributed by atoms with Crippen molar-refractivity contribution in [2.45, 2.75) is 59.4 Å². The zero-order chi connectivity index (χ0) is 21.8. The Kier molecular flexibility index (Phi) is 6.78. The van der Waals surface area contributed by atoms with E-state index in [2.05, 4.69) is 47.3 Å². The Hall–Kier alpha value is -2.57. The highest BCUT2D eigenvalue weighted by molar-refractivity contribution is 5.37. The second kappa shape index (κ2) is 9.71. The lowest BCUT2D eigenvalue weighted by atomic mass is 10.1. The van der Waals surface area contributed by atoms with Crippen molar-refractivity contribution in [3.8, 4) is 5.75 Å². The zero-order valence-corrected chi connectivity index (χ0v) is 19.1. The highest BCUT2D eigenvalue weighted by atomic mass is 16.5. The summed E-state index contributed by atoms with van der Waals surface area (Å²) in [7, 11) is 1.72. The van der Waals surface area contributed by atoms with Gasteiger partial charge in [-0.05, 0) is 69.5 Å². The molecule has 0 bridgehead atoms. The number of furan rings is 1. The summed E-state index contributed by atoms with van der Waals surface area (Å²) < 4.78 is 19.4. The smallest absolute Gasteiger partial charge is 0.123 e. The third-order valence-corrected chi connectivity index (χ3v) is 5.84. The summed E-state index contributed by atoms with van der Waals surface area (Å²) in [5, 5.41) is 4.62. The predicted octanol–water partition coefficient (Wildman–Crippen LogP) is 4.64. The van der Waals surface area contributed by atoms with Crippen LogP contribution in [0.2, 0.25) is 0 Å². The topological polar surface area (TPSA) is 52.7 Å². The van der Waals surface area contributed by atoms with E-state index in [0.29, 0.717) is 12.6 Å². The molecule has 1 aliphatic rings. The normalized spacial score (nSPS) is 16.4. The Balaban J connectivity index is 1.54. The number of nitrogens with zero attached hydrogens (tertiary/aromatic N) is 3. The number of rotatable bonds is 9. The second-order valence-corrected chi connectivity index (χ2v) is 8.55. The van der Waals surface area contributed by atoms with Gasteiger partial charge in [0.25, 0.3) is 0 Å². The van der Waals surface area contributed by atoms with Crippen LogP contribution < -0.4 is 4.74 Å². The Morgan fingerprint density at radius 3 is 2.65 bits per heavy atom. The van der Waals surface area contributed by atoms with Crippen LogP contribution in [0.15, 0.2) is 40.8 Å². The van der Waals surface area contributed by atoms with Gasteiger partial charge < -0.3 is 13.9 Å². The average Bonchev–Trinajstić information content (AvgIpc) is 3.45. The first-order valence-electron chi connectivity index (χ1n) is 11.1. The maximum Gasteiger partial charge on any atom is 0.123 e. The van der Waals surface area contributed by atoms with Crippen LogP contribution in [0.25, 0.3) is 0 Å². The van der Waals surface area contributed by atoms with Crippen molar-refractivity contribution in [3.05, 3.63) is 70.4 Å². The van der Waals surface area contributed by atoms with E-state index in [1.807, 2.05) is 24.6 Å². The molecule has 6 nitrogen and oxygen atoms in total. The van der Waals surface area contributed by atoms with Gasteiger partial charge in [-0.2, -0.15) is 5.10 Å². The van der Waals surface area contributed by atoms with Gasteiger partial charge in [-0.3, -0.25) is 9.58 Å². The van der Waals surface area contributed by atoms with E-state index in [1.165, 1.54) is 5.56 Å². The molecular weight excluding hydrogens is 390 g/mol. The fourth-order valence-corrected chi connectivity index (χ4v) is 4.36. The second-order valence-electron chi connectivity index (χ2n) is 8.55. The van der Waals surface area contributed by atoms with Crippen LogP contribution in [-0.4, -0.2) is 41.0 Å². The summed E-state index contributed by atoms with van der Waals surface area (Å²) in [5.74, 6) is 2.83. The fraction of sp³-hybridized carbons (Fsp3) is 0.480. The van der Waals surface area contributed by atoms with Gasteiger partial charge in [0, 0.05) is 31.0 Å². The number of hydrogen-bond donors (Lipinski definition) is 0. The predicted molar refractivity (Wildman–Crippen MR) is 120 cm³/mol. The first-order chi connectivity index (χ1) is 15.0. The highest BCUT2D eigenvalue weighted by Crippen LogP contribution is 2.24. The summed E-state index contributed by atoms with van der Waals surface area (Å²) in [4.78, 5) is 2.42. The summed E-state index contributed by atoms with van der Waals surface area (Å²) >= 11 is 0. The van der Waals surface area contributed by atoms with Crippen LogP contribution in [0.3, 0.4) is 0 Å². The van der Waals surface area contributed by atoms with Gasteiger partial charge in [0.1, 0.15) is 17.3 Å². The molecule has 4 rings (SSSR count). The molecule has 0 N–H and O–H groups in total. The molecule has 1 aromatic carbocycles. The minimum Gasteiger partial charge on any atom is -0.496 e. The van der Waals surface area contributed by atoms with Gasteiger partial charge in [-0.1, -0.05) is 6.07 Å². The van der Waals surface area contributed by atoms with Gasteiger partial charge in [0.15, 0.2) is 0 Å². The van der Waals surface area contributed by atoms with Crippen LogP contribution in [0.4, 0.5) is 0 Å². The van der Waals surface area contributed by atoms with Crippen molar-refractivity contribution in [2.24, 2.45) is 0 Å². The van der Waals surface area contributed by atoms with E-state index in [0.717, 1.165) is 73.3 Å². The molecule has 31 heavy (non-hydrogen) atoms. The van der Waals surface area contributed by atoms with Gasteiger partial charge >= 0.3 is 0 Å². The third kappa shape index (κ3) is 5.57. The summed E-state index contributed by atoms with van der Waals surface area (Å²) in [6.07, 6.45) is 2.57. The lowest BCUT2D eigenvalue weighted by Gasteiger charge is -2.25. The van der Waals surface area contributed by atoms with Gasteiger partial charge in [-0.25, -0.2) is 0 Å². The number of ether oxygens (including phenoxy) is 2. The number of benzene rings is 1. The van der Waals surface area contributed by atoms with Gasteiger partial charge in [0.2, 0.25) is 0 Å². The molecule has 1 atom stereocenters. The molecule has 1 aliphatic heterocycles. The minimum atomic E-state index is 0.295. The number of methoxy groups -OCH3 is 1. The molecule has 6 heteroatoms. The van der Waals surface area contributed by atoms with E-state index in [9.17, 15) is 0 Å². The van der Waals surface area contributed by atoms with Crippen LogP contribution in [0, 0.1) is 20.8 Å². The summed E-state index contributed by atoms with van der Waals surface area (Å²) in [6, 6.07) is 12.7. The van der Waals surface area contributed by atoms with Crippen molar-refractivity contribution in [2.75, 3.05) is 20.3 Å². The molecular formula is C25H33N3O3. The SMILES string of the molecule is COc1ccc(CN(Cc2ccc(C)o2)C[C@@H]2CCCO2)cc1Cn1nc(C)cc1C. The van der Waals surface area contributed by atoms with Crippen LogP contribution in [0.1, 0.15) is 46.9 Å². The molecule has 0 aliphatic carbocycles. The molecule has 2 aromatic heterocycles. The van der Waals surface area contributed by atoms with Crippen molar-refractivity contribution >= 4 is 0 Å². The Labute approximate surface area is 184 Å². The standard InChI is InChI=1S/C25H33N3O3/c1-18-12-19(2)28(26-18)15-22-13-21(8-10-25(22)29-4)14-27(16-23-6-5-11-30-23)17-24-9-7-20(3)31-24/h7-10,12-13,23H,5-6,11,14-17H2,1-4H3/t23-/m0/s1. The van der Waals surface area contributed by atoms with Crippen LogP contribution in [0.5, 0.6) is 5.75 Å². The molecule has 3 heterocycles. The first-order valence-corrected chi connectivity index (χ1v) is 11.1. The minimum absolute atomic E-state index is 0.295. The lowest BCUT2D eigenvalue weighted by Crippen LogP contribution is -2.31. The maximum absolute atomic E-state index is 5.91. The lowest BCUT2D eigenvalue weighted by molar-refractivity contribution is 0.0654. The Bertz CT molecular complexity index is 1000. The number of aromatic nitrogens is 2. The maximum atomic E-state index is 5.91. The fourth-order valence-electron chi connectivity index (χ4n) is 4.36. The van der Waals surface area contributed by atoms with Crippen molar-refractivity contribution < 1.29 is 13.9 Å². The molecule has 0 saturated carbocycles. The Morgan fingerprint density at radius 1 is 1.13 bits per heavy atom. The monoisotopic (exact) mass is 423 g/mol. The van der Waals surface area contributed by atoms with E-state index >= 15 is 0 Å². The molecule has 1 fully saturated rings. The van der Waals surface area contributed by atoms with Crippen LogP contribution in [-0.2, 0) is 24.4 Å². The number of hydrogen-bond acceptors (Lipinski definition) is 5. The molecule has 0 unspecified atom stereocenters. The highest BCUT2D eigenvalue weighted by Gasteiger charge is 2.21. The summed E-state index contributed by atoms with van der Waals surface area (Å²) in [6.45, 7) is 10.2. The van der Waals surface area contributed by atoms with E-state index in [1.54, 1.807) is 7.11 Å².